The summed E-state index contributed by atoms with van der Waals surface area (Å²) in [4.78, 5) is 48.4. The standard InChI is InChI=1S/C26H29ClN6O4S/c1-26(2,3)12-19(34)20-11-17(21(38-20)23(35)28-4)31-22-16(27)13-29-24(32-22)30-15-6-7-18-14(10-15)8-9-37-25(36)33(18)5/h6-7,10-11,13H,8-9,12H2,1-5H3,(H,28,35)(H2,29,30,31,32). The number of carbonyl (C=O) groups is 3. The molecule has 4 rings (SSSR count). The number of benzene rings is 1. The molecule has 0 unspecified atom stereocenters. The molecule has 0 fully saturated rings. The van der Waals surface area contributed by atoms with Gasteiger partial charge in [0.2, 0.25) is 5.95 Å². The third-order valence-electron chi connectivity index (χ3n) is 5.70. The molecule has 3 aromatic rings. The van der Waals surface area contributed by atoms with Crippen molar-refractivity contribution in [3.63, 3.8) is 0 Å². The highest BCUT2D eigenvalue weighted by Crippen LogP contribution is 2.35. The van der Waals surface area contributed by atoms with Crippen molar-refractivity contribution in [2.24, 2.45) is 5.41 Å². The van der Waals surface area contributed by atoms with E-state index in [0.29, 0.717) is 34.9 Å². The van der Waals surface area contributed by atoms with Crippen LogP contribution in [0.15, 0.2) is 30.5 Å². The summed E-state index contributed by atoms with van der Waals surface area (Å²) in [7, 11) is 3.20. The second-order valence-electron chi connectivity index (χ2n) is 10.0. The molecule has 200 valence electrons. The Hall–Kier alpha value is -3.70. The number of Topliss-reactive ketones (excluding diaryl/α,β-unsaturated/α-hetero) is 1. The molecule has 3 N–H and O–H groups in total. The van der Waals surface area contributed by atoms with Crippen LogP contribution in [0.3, 0.4) is 0 Å². The first-order chi connectivity index (χ1) is 17.9. The Kier molecular flexibility index (Phi) is 7.89. The van der Waals surface area contributed by atoms with Crippen LogP contribution >= 0.6 is 22.9 Å². The third kappa shape index (κ3) is 6.22. The first-order valence-electron chi connectivity index (χ1n) is 11.9. The fourth-order valence-electron chi connectivity index (χ4n) is 3.88. The summed E-state index contributed by atoms with van der Waals surface area (Å²) in [6.45, 7) is 6.26. The maximum atomic E-state index is 12.8. The smallest absolute Gasteiger partial charge is 0.414 e. The molecule has 3 heterocycles. The topological polar surface area (TPSA) is 126 Å². The number of cyclic esters (lactones) is 1. The minimum Gasteiger partial charge on any atom is -0.449 e. The zero-order chi connectivity index (χ0) is 27.6. The molecule has 38 heavy (non-hydrogen) atoms. The van der Waals surface area contributed by atoms with Gasteiger partial charge in [0, 0.05) is 32.6 Å². The molecule has 0 saturated carbocycles. The van der Waals surface area contributed by atoms with Crippen LogP contribution in [0.25, 0.3) is 0 Å². The summed E-state index contributed by atoms with van der Waals surface area (Å²) in [6, 6.07) is 7.21. The number of hydrogen-bond acceptors (Lipinski definition) is 9. The summed E-state index contributed by atoms with van der Waals surface area (Å²) in [5.41, 5.74) is 2.67. The number of aromatic nitrogens is 2. The number of fused-ring (bicyclic) bond motifs is 1. The second kappa shape index (κ2) is 11.0. The Balaban J connectivity index is 1.60. The third-order valence-corrected chi connectivity index (χ3v) is 7.15. The van der Waals surface area contributed by atoms with Gasteiger partial charge in [-0.1, -0.05) is 32.4 Å². The molecule has 2 aromatic heterocycles. The highest BCUT2D eigenvalue weighted by molar-refractivity contribution is 7.16. The molecule has 2 amide bonds. The lowest BCUT2D eigenvalue weighted by Gasteiger charge is -2.17. The highest BCUT2D eigenvalue weighted by atomic mass is 35.5. The Morgan fingerprint density at radius 1 is 1.21 bits per heavy atom. The van der Waals surface area contributed by atoms with Crippen LogP contribution in [0, 0.1) is 5.41 Å². The van der Waals surface area contributed by atoms with Gasteiger partial charge in [-0.05, 0) is 35.2 Å². The van der Waals surface area contributed by atoms with Crippen LogP contribution < -0.4 is 20.9 Å². The number of amides is 2. The Morgan fingerprint density at radius 2 is 1.97 bits per heavy atom. The van der Waals surface area contributed by atoms with Gasteiger partial charge in [0.25, 0.3) is 5.91 Å². The van der Waals surface area contributed by atoms with Gasteiger partial charge in [-0.3, -0.25) is 14.5 Å². The van der Waals surface area contributed by atoms with Crippen molar-refractivity contribution in [2.75, 3.05) is 36.2 Å². The van der Waals surface area contributed by atoms with Crippen LogP contribution in [0.4, 0.5) is 33.6 Å². The summed E-state index contributed by atoms with van der Waals surface area (Å²) in [6.07, 6.45) is 1.97. The summed E-state index contributed by atoms with van der Waals surface area (Å²) in [5.74, 6) is 0.174. The van der Waals surface area contributed by atoms with Crippen molar-refractivity contribution in [3.05, 3.63) is 50.8 Å². The van der Waals surface area contributed by atoms with E-state index in [1.165, 1.54) is 18.1 Å². The number of rotatable bonds is 7. The van der Waals surface area contributed by atoms with E-state index < -0.39 is 6.09 Å². The number of thiophene rings is 1. The quantitative estimate of drug-likeness (QED) is 0.312. The number of ether oxygens (including phenoxy) is 1. The van der Waals surface area contributed by atoms with Crippen LogP contribution in [0.5, 0.6) is 0 Å². The molecule has 1 aromatic carbocycles. The molecular formula is C26H29ClN6O4S. The normalized spacial score (nSPS) is 13.3. The van der Waals surface area contributed by atoms with Gasteiger partial charge < -0.3 is 20.7 Å². The van der Waals surface area contributed by atoms with Crippen molar-refractivity contribution in [1.29, 1.82) is 0 Å². The molecule has 0 spiro atoms. The van der Waals surface area contributed by atoms with E-state index in [1.807, 2.05) is 39.0 Å². The van der Waals surface area contributed by atoms with Crippen molar-refractivity contribution in [3.8, 4) is 0 Å². The maximum Gasteiger partial charge on any atom is 0.414 e. The molecule has 0 atom stereocenters. The predicted molar refractivity (Wildman–Crippen MR) is 150 cm³/mol. The molecule has 1 aliphatic rings. The number of halogens is 1. The minimum absolute atomic E-state index is 0.0437. The van der Waals surface area contributed by atoms with E-state index in [-0.39, 0.29) is 33.9 Å². The van der Waals surface area contributed by atoms with Gasteiger partial charge in [-0.2, -0.15) is 4.98 Å². The fourth-order valence-corrected chi connectivity index (χ4v) is 5.01. The lowest BCUT2D eigenvalue weighted by Crippen LogP contribution is -2.25. The number of hydrogen-bond donors (Lipinski definition) is 3. The largest absolute Gasteiger partial charge is 0.449 e. The van der Waals surface area contributed by atoms with Crippen LogP contribution in [0.2, 0.25) is 5.02 Å². The van der Waals surface area contributed by atoms with Crippen molar-refractivity contribution in [1.82, 2.24) is 15.3 Å². The molecule has 12 heteroatoms. The van der Waals surface area contributed by atoms with E-state index in [4.69, 9.17) is 16.3 Å². The van der Waals surface area contributed by atoms with E-state index in [2.05, 4.69) is 25.9 Å². The zero-order valence-corrected chi connectivity index (χ0v) is 23.3. The van der Waals surface area contributed by atoms with Crippen molar-refractivity contribution >= 4 is 69.5 Å². The lowest BCUT2D eigenvalue weighted by molar-refractivity contribution is 0.0942. The highest BCUT2D eigenvalue weighted by Gasteiger charge is 2.24. The SMILES string of the molecule is CNC(=O)c1sc(C(=O)CC(C)(C)C)cc1Nc1nc(Nc2ccc3c(c2)CCOC(=O)N3C)ncc1Cl. The van der Waals surface area contributed by atoms with E-state index in [1.54, 1.807) is 13.1 Å². The van der Waals surface area contributed by atoms with Gasteiger partial charge >= 0.3 is 6.09 Å². The van der Waals surface area contributed by atoms with Crippen molar-refractivity contribution in [2.45, 2.75) is 33.6 Å². The minimum atomic E-state index is -0.394. The fraction of sp³-hybridized carbons (Fsp3) is 0.346. The average Bonchev–Trinajstić information content (AvgIpc) is 3.22. The van der Waals surface area contributed by atoms with Crippen LogP contribution in [-0.2, 0) is 11.2 Å². The maximum absolute atomic E-state index is 12.8. The zero-order valence-electron chi connectivity index (χ0n) is 21.8. The van der Waals surface area contributed by atoms with Crippen LogP contribution in [0.1, 0.15) is 52.1 Å². The first-order valence-corrected chi connectivity index (χ1v) is 13.1. The molecular weight excluding hydrogens is 528 g/mol. The van der Waals surface area contributed by atoms with Gasteiger partial charge in [0.05, 0.1) is 29.1 Å². The van der Waals surface area contributed by atoms with Crippen LogP contribution in [-0.4, -0.2) is 48.5 Å². The second-order valence-corrected chi connectivity index (χ2v) is 11.5. The molecule has 0 saturated heterocycles. The van der Waals surface area contributed by atoms with E-state index in [0.717, 1.165) is 28.3 Å². The Morgan fingerprint density at radius 3 is 2.68 bits per heavy atom. The Bertz CT molecular complexity index is 1400. The molecule has 1 aliphatic heterocycles. The average molecular weight is 557 g/mol. The molecule has 10 nitrogen and oxygen atoms in total. The number of ketones is 1. The lowest BCUT2D eigenvalue weighted by atomic mass is 9.89. The monoisotopic (exact) mass is 556 g/mol. The number of nitrogens with one attached hydrogen (secondary N) is 3. The first kappa shape index (κ1) is 27.3. The van der Waals surface area contributed by atoms with E-state index in [9.17, 15) is 14.4 Å². The summed E-state index contributed by atoms with van der Waals surface area (Å²) < 4.78 is 5.19. The van der Waals surface area contributed by atoms with Gasteiger partial charge in [-0.25, -0.2) is 9.78 Å². The molecule has 0 radical (unpaired) electrons. The molecule has 0 bridgehead atoms. The van der Waals surface area contributed by atoms with Gasteiger partial charge in [0.15, 0.2) is 11.6 Å². The Labute approximate surface area is 229 Å². The number of nitrogens with zero attached hydrogens (tertiary/aromatic N) is 3. The van der Waals surface area contributed by atoms with E-state index >= 15 is 0 Å². The van der Waals surface area contributed by atoms with Gasteiger partial charge in [-0.15, -0.1) is 11.3 Å². The van der Waals surface area contributed by atoms with Gasteiger partial charge in [0.1, 0.15) is 9.90 Å². The van der Waals surface area contributed by atoms with Crippen molar-refractivity contribution < 1.29 is 19.1 Å². The predicted octanol–water partition coefficient (Wildman–Crippen LogP) is 5.79. The summed E-state index contributed by atoms with van der Waals surface area (Å²) in [5, 5.41) is 9.11. The molecule has 0 aliphatic carbocycles. The number of anilines is 5. The number of carbonyl (C=O) groups excluding carboxylic acids is 3. The summed E-state index contributed by atoms with van der Waals surface area (Å²) >= 11 is 7.51.